The van der Waals surface area contributed by atoms with E-state index in [-0.39, 0.29) is 19.6 Å². The van der Waals surface area contributed by atoms with Crippen LogP contribution in [-0.2, 0) is 47.5 Å². The van der Waals surface area contributed by atoms with Crippen LogP contribution in [0.2, 0.25) is 0 Å². The summed E-state index contributed by atoms with van der Waals surface area (Å²) in [5.74, 6) is -2.57. The lowest BCUT2D eigenvalue weighted by molar-refractivity contribution is -0.360. The van der Waals surface area contributed by atoms with Gasteiger partial charge in [0.1, 0.15) is 61.0 Å². The van der Waals surface area contributed by atoms with Gasteiger partial charge >= 0.3 is 17.9 Å². The summed E-state index contributed by atoms with van der Waals surface area (Å²) in [5, 5.41) is 81.7. The van der Waals surface area contributed by atoms with Crippen LogP contribution in [0.1, 0.15) is 130 Å². The van der Waals surface area contributed by atoms with E-state index in [4.69, 9.17) is 33.2 Å². The number of aliphatic hydroxyl groups excluding tert-OH is 7. The molecule has 2 aliphatic rings. The molecule has 0 aliphatic carbocycles. The maximum atomic E-state index is 12.0. The molecular formula is C40H72O18. The van der Waals surface area contributed by atoms with Crippen LogP contribution in [0.3, 0.4) is 0 Å². The molecule has 0 radical (unpaired) electrons. The summed E-state index contributed by atoms with van der Waals surface area (Å²) in [6.45, 7) is 2.66. The molecule has 0 bridgehead atoms. The molecule has 2 aliphatic heterocycles. The molecule has 4 unspecified atom stereocenters. The van der Waals surface area contributed by atoms with Crippen LogP contribution < -0.4 is 0 Å². The fourth-order valence-corrected chi connectivity index (χ4v) is 7.20. The molecule has 13 atom stereocenters. The summed E-state index contributed by atoms with van der Waals surface area (Å²) in [5.41, 5.74) is 0. The molecule has 0 aromatic carbocycles. The zero-order chi connectivity index (χ0) is 43.0. The van der Waals surface area contributed by atoms with Crippen molar-refractivity contribution in [1.29, 1.82) is 0 Å². The van der Waals surface area contributed by atoms with Gasteiger partial charge in [-0.2, -0.15) is 0 Å². The van der Waals surface area contributed by atoms with Gasteiger partial charge in [-0.1, -0.05) is 96.8 Å². The first kappa shape index (κ1) is 52.1. The molecule has 58 heavy (non-hydrogen) atoms. The van der Waals surface area contributed by atoms with Crippen molar-refractivity contribution >= 4 is 17.9 Å². The number of ether oxygens (including phenoxy) is 7. The Morgan fingerprint density at radius 1 is 0.586 bits per heavy atom. The Morgan fingerprint density at radius 3 is 1.60 bits per heavy atom. The number of carboxylic acids is 1. The number of hydrogen-bond donors (Lipinski definition) is 8. The molecule has 0 amide bonds. The van der Waals surface area contributed by atoms with Crippen molar-refractivity contribution in [1.82, 2.24) is 0 Å². The van der Waals surface area contributed by atoms with E-state index in [1.165, 1.54) is 64.7 Å². The quantitative estimate of drug-likeness (QED) is 0.0364. The summed E-state index contributed by atoms with van der Waals surface area (Å²) in [4.78, 5) is 35.0. The van der Waals surface area contributed by atoms with Gasteiger partial charge in [0.2, 0.25) is 0 Å². The van der Waals surface area contributed by atoms with E-state index in [9.17, 15) is 55.2 Å². The van der Waals surface area contributed by atoms with Crippen LogP contribution in [0, 0.1) is 0 Å². The van der Waals surface area contributed by atoms with Crippen molar-refractivity contribution in [2.24, 2.45) is 0 Å². The van der Waals surface area contributed by atoms with Crippen LogP contribution >= 0.6 is 0 Å². The highest BCUT2D eigenvalue weighted by atomic mass is 16.7. The first-order valence-electron chi connectivity index (χ1n) is 21.1. The zero-order valence-corrected chi connectivity index (χ0v) is 34.5. The molecule has 0 spiro atoms. The summed E-state index contributed by atoms with van der Waals surface area (Å²) < 4.78 is 39.3. The largest absolute Gasteiger partial charge is 0.481 e. The lowest BCUT2D eigenvalue weighted by Crippen LogP contribution is -2.64. The maximum absolute atomic E-state index is 12.0. The number of rotatable bonds is 31. The van der Waals surface area contributed by atoms with Crippen LogP contribution in [0.4, 0.5) is 0 Å². The number of aliphatic hydroxyl groups is 7. The number of unbranched alkanes of at least 4 members (excludes halogenated alkanes) is 13. The van der Waals surface area contributed by atoms with Gasteiger partial charge in [0.05, 0.1) is 39.0 Å². The fraction of sp³-hybridized carbons (Fsp3) is 0.925. The third-order valence-electron chi connectivity index (χ3n) is 10.4. The number of carbonyl (C=O) groups is 3. The number of aliphatic carboxylic acids is 1. The average molecular weight is 841 g/mol. The SMILES string of the molecule is CCCCCCCCCCCCCCCCC(CO[C@@H]1O[C@H](CO)C(O[C@@H]2O[C@H](CO)[C@@H](O)[C@H](O)[C@H]2O)[C@H](O)[C@H]1O)OCC(CC(CC(=O)O)OC(C)=O)OC(C)=O. The van der Waals surface area contributed by atoms with E-state index in [0.717, 1.165) is 39.0 Å². The first-order chi connectivity index (χ1) is 27.7. The molecule has 8 N–H and O–H groups in total. The number of carbonyl (C=O) groups excluding carboxylic acids is 2. The van der Waals surface area contributed by atoms with Crippen molar-refractivity contribution in [2.45, 2.75) is 210 Å². The van der Waals surface area contributed by atoms with Gasteiger partial charge in [-0.3, -0.25) is 14.4 Å². The minimum absolute atomic E-state index is 0.150. The van der Waals surface area contributed by atoms with Gasteiger partial charge in [-0.25, -0.2) is 0 Å². The van der Waals surface area contributed by atoms with Crippen LogP contribution in [0.25, 0.3) is 0 Å². The van der Waals surface area contributed by atoms with E-state index in [0.29, 0.717) is 6.42 Å². The van der Waals surface area contributed by atoms with Gasteiger partial charge in [0.25, 0.3) is 0 Å². The van der Waals surface area contributed by atoms with Crippen LogP contribution in [-0.4, -0.2) is 165 Å². The maximum Gasteiger partial charge on any atom is 0.307 e. The zero-order valence-electron chi connectivity index (χ0n) is 34.5. The van der Waals surface area contributed by atoms with Crippen molar-refractivity contribution in [2.75, 3.05) is 26.4 Å². The lowest BCUT2D eigenvalue weighted by atomic mass is 9.97. The van der Waals surface area contributed by atoms with Crippen molar-refractivity contribution in [3.05, 3.63) is 0 Å². The van der Waals surface area contributed by atoms with Crippen molar-refractivity contribution < 1.29 is 88.4 Å². The van der Waals surface area contributed by atoms with Gasteiger partial charge in [-0.15, -0.1) is 0 Å². The molecule has 2 rings (SSSR count). The van der Waals surface area contributed by atoms with Gasteiger partial charge in [-0.05, 0) is 6.42 Å². The third-order valence-corrected chi connectivity index (χ3v) is 10.4. The van der Waals surface area contributed by atoms with E-state index in [1.54, 1.807) is 0 Å². The molecule has 0 aromatic rings. The third kappa shape index (κ3) is 19.5. The monoisotopic (exact) mass is 840 g/mol. The second-order valence-corrected chi connectivity index (χ2v) is 15.5. The van der Waals surface area contributed by atoms with E-state index >= 15 is 0 Å². The molecule has 2 saturated heterocycles. The van der Waals surface area contributed by atoms with Crippen molar-refractivity contribution in [3.63, 3.8) is 0 Å². The predicted molar refractivity (Wildman–Crippen MR) is 205 cm³/mol. The Kier molecular flexibility index (Phi) is 26.2. The second kappa shape index (κ2) is 29.2. The molecule has 340 valence electrons. The fourth-order valence-electron chi connectivity index (χ4n) is 7.20. The number of hydrogen-bond acceptors (Lipinski definition) is 17. The second-order valence-electron chi connectivity index (χ2n) is 15.5. The Balaban J connectivity index is 2.03. The normalized spacial score (nSPS) is 29.1. The highest BCUT2D eigenvalue weighted by Crippen LogP contribution is 2.30. The summed E-state index contributed by atoms with van der Waals surface area (Å²) in [6.07, 6.45) is -2.72. The number of esters is 2. The Morgan fingerprint density at radius 2 is 1.09 bits per heavy atom. The Hall–Kier alpha value is -2.07. The highest BCUT2D eigenvalue weighted by molar-refractivity contribution is 5.70. The first-order valence-corrected chi connectivity index (χ1v) is 21.1. The smallest absolute Gasteiger partial charge is 0.307 e. The van der Waals surface area contributed by atoms with Crippen molar-refractivity contribution in [3.8, 4) is 0 Å². The minimum atomic E-state index is -1.81. The molecule has 0 aromatic heterocycles. The molecule has 0 saturated carbocycles. The van der Waals surface area contributed by atoms with Crippen LogP contribution in [0.5, 0.6) is 0 Å². The summed E-state index contributed by atoms with van der Waals surface area (Å²) in [7, 11) is 0. The van der Waals surface area contributed by atoms with Gasteiger partial charge < -0.3 is 74.0 Å². The Bertz CT molecular complexity index is 1110. The Labute approximate surface area is 342 Å². The molecule has 2 fully saturated rings. The minimum Gasteiger partial charge on any atom is -0.481 e. The van der Waals surface area contributed by atoms with E-state index in [2.05, 4.69) is 6.92 Å². The van der Waals surface area contributed by atoms with Gasteiger partial charge in [0, 0.05) is 20.3 Å². The molecule has 18 heteroatoms. The summed E-state index contributed by atoms with van der Waals surface area (Å²) in [6, 6.07) is 0. The predicted octanol–water partition coefficient (Wildman–Crippen LogP) is 1.61. The average Bonchev–Trinajstić information content (AvgIpc) is 3.17. The summed E-state index contributed by atoms with van der Waals surface area (Å²) >= 11 is 0. The number of carboxylic acid groups (broad SMARTS) is 1. The van der Waals surface area contributed by atoms with Crippen LogP contribution in [0.15, 0.2) is 0 Å². The standard InChI is InChI=1S/C40H72O18/c1-4-5-6-7-8-9-10-11-12-13-14-15-16-17-18-27(52-24-29(55-26(3)44)19-28(20-32(45)46)54-25(2)43)23-53-39-37(51)35(49)38(31(22-42)57-39)58-40-36(50)34(48)33(47)30(21-41)56-40/h27-31,33-42,47-51H,4-24H2,1-3H3,(H,45,46)/t27?,28?,29?,30-,31-,33-,34+,35-,36-,37-,38?,39-,40+/m1/s1. The van der Waals surface area contributed by atoms with Gasteiger partial charge in [0.15, 0.2) is 12.6 Å². The molecule has 18 nitrogen and oxygen atoms in total. The molecule has 2 heterocycles. The lowest BCUT2D eigenvalue weighted by Gasteiger charge is -2.46. The van der Waals surface area contributed by atoms with E-state index in [1.807, 2.05) is 0 Å². The van der Waals surface area contributed by atoms with E-state index < -0.39 is 117 Å². The highest BCUT2D eigenvalue weighted by Gasteiger charge is 2.50. The topological polar surface area (TPSA) is 278 Å². The molecular weight excluding hydrogens is 768 g/mol.